The topological polar surface area (TPSA) is 79.4 Å². The highest BCUT2D eigenvalue weighted by molar-refractivity contribution is 7.93. The molecule has 0 bridgehead atoms. The summed E-state index contributed by atoms with van der Waals surface area (Å²) in [5.41, 5.74) is 0.928. The predicted molar refractivity (Wildman–Crippen MR) is 113 cm³/mol. The quantitative estimate of drug-likeness (QED) is 0.629. The number of hydrogen-bond acceptors (Lipinski definition) is 5. The maximum atomic E-state index is 13.7. The Balaban J connectivity index is 1.54. The lowest BCUT2D eigenvalue weighted by atomic mass is 9.95. The number of anilines is 1. The highest BCUT2D eigenvalue weighted by Crippen LogP contribution is 2.33. The van der Waals surface area contributed by atoms with Gasteiger partial charge in [-0.25, -0.2) is 17.8 Å². The number of likely N-dealkylation sites (tertiary alicyclic amines) is 1. The van der Waals surface area contributed by atoms with Crippen LogP contribution in [0.1, 0.15) is 41.4 Å². The number of rotatable bonds is 5. The molecule has 30 heavy (non-hydrogen) atoms. The normalized spacial score (nSPS) is 17.0. The van der Waals surface area contributed by atoms with Crippen LogP contribution in [0.3, 0.4) is 0 Å². The number of halogens is 1. The summed E-state index contributed by atoms with van der Waals surface area (Å²) in [6, 6.07) is 14.0. The fourth-order valence-electron chi connectivity index (χ4n) is 3.57. The van der Waals surface area contributed by atoms with Gasteiger partial charge in [0.1, 0.15) is 11.5 Å². The molecular weight excluding hydrogens is 425 g/mol. The fraction of sp³-hybridized carbons (Fsp3) is 0.238. The van der Waals surface area contributed by atoms with Crippen LogP contribution in [0, 0.1) is 5.82 Å². The van der Waals surface area contributed by atoms with Crippen LogP contribution < -0.4 is 4.72 Å². The van der Waals surface area contributed by atoms with Gasteiger partial charge < -0.3 is 4.90 Å². The summed E-state index contributed by atoms with van der Waals surface area (Å²) >= 11 is 1.05. The molecule has 1 saturated heterocycles. The molecule has 0 saturated carbocycles. The van der Waals surface area contributed by atoms with Crippen LogP contribution in [-0.2, 0) is 10.0 Å². The minimum atomic E-state index is -3.78. The van der Waals surface area contributed by atoms with Gasteiger partial charge in [-0.1, -0.05) is 30.3 Å². The second-order valence-corrected chi connectivity index (χ2v) is 9.56. The maximum absolute atomic E-state index is 13.7. The Labute approximate surface area is 178 Å². The van der Waals surface area contributed by atoms with Crippen LogP contribution in [0.2, 0.25) is 0 Å². The lowest BCUT2D eigenvalue weighted by Crippen LogP contribution is -2.38. The van der Waals surface area contributed by atoms with E-state index >= 15 is 0 Å². The van der Waals surface area contributed by atoms with E-state index in [0.29, 0.717) is 6.54 Å². The van der Waals surface area contributed by atoms with Crippen molar-refractivity contribution in [1.82, 2.24) is 9.88 Å². The number of nitrogens with one attached hydrogen (secondary N) is 1. The molecule has 1 fully saturated rings. The first kappa shape index (κ1) is 20.5. The van der Waals surface area contributed by atoms with E-state index in [1.54, 1.807) is 34.5 Å². The summed E-state index contributed by atoms with van der Waals surface area (Å²) in [7, 11) is -3.78. The molecule has 9 heteroatoms. The average Bonchev–Trinajstić information content (AvgIpc) is 3.21. The summed E-state index contributed by atoms with van der Waals surface area (Å²) in [6.07, 6.45) is 2.55. The van der Waals surface area contributed by atoms with Crippen molar-refractivity contribution in [3.8, 4) is 0 Å². The van der Waals surface area contributed by atoms with Crippen LogP contribution in [0.15, 0.2) is 64.9 Å². The van der Waals surface area contributed by atoms with Gasteiger partial charge in [0.15, 0.2) is 5.13 Å². The Kier molecular flexibility index (Phi) is 5.83. The number of piperidine rings is 1. The molecule has 6 nitrogen and oxygen atoms in total. The van der Waals surface area contributed by atoms with Gasteiger partial charge in [0.05, 0.1) is 10.9 Å². The molecule has 1 aliphatic rings. The van der Waals surface area contributed by atoms with E-state index in [2.05, 4.69) is 9.71 Å². The van der Waals surface area contributed by atoms with E-state index in [1.165, 1.54) is 24.3 Å². The minimum absolute atomic E-state index is 0.121. The van der Waals surface area contributed by atoms with E-state index in [9.17, 15) is 17.6 Å². The number of thiazole rings is 1. The molecule has 0 aliphatic carbocycles. The first-order valence-corrected chi connectivity index (χ1v) is 11.9. The molecule has 0 spiro atoms. The van der Waals surface area contributed by atoms with Gasteiger partial charge in [-0.2, -0.15) is 0 Å². The van der Waals surface area contributed by atoms with E-state index in [-0.39, 0.29) is 33.5 Å². The Morgan fingerprint density at radius 2 is 1.93 bits per heavy atom. The number of nitrogens with zero attached hydrogens (tertiary/aromatic N) is 2. The number of aromatic nitrogens is 1. The third-order valence-electron chi connectivity index (χ3n) is 5.00. The van der Waals surface area contributed by atoms with Gasteiger partial charge in [-0.05, 0) is 49.1 Å². The molecule has 1 aliphatic heterocycles. The van der Waals surface area contributed by atoms with Gasteiger partial charge in [0.2, 0.25) is 0 Å². The molecule has 1 amide bonds. The second-order valence-electron chi connectivity index (χ2n) is 7.02. The molecule has 1 atom stereocenters. The Morgan fingerprint density at radius 1 is 1.13 bits per heavy atom. The zero-order chi connectivity index (χ0) is 21.1. The Hall–Kier alpha value is -2.78. The molecule has 1 N–H and O–H groups in total. The van der Waals surface area contributed by atoms with Crippen LogP contribution in [0.4, 0.5) is 9.52 Å². The molecule has 2 heterocycles. The SMILES string of the molecule is O=C(c1csc(NS(=O)(=O)c2ccccc2)n1)N1CCCCC1c1cccc(F)c1. The highest BCUT2D eigenvalue weighted by atomic mass is 32.2. The van der Waals surface area contributed by atoms with Crippen LogP contribution >= 0.6 is 11.3 Å². The monoisotopic (exact) mass is 445 g/mol. The van der Waals surface area contributed by atoms with Crippen molar-refractivity contribution in [1.29, 1.82) is 0 Å². The van der Waals surface area contributed by atoms with Crippen molar-refractivity contribution in [3.05, 3.63) is 77.1 Å². The Morgan fingerprint density at radius 3 is 2.70 bits per heavy atom. The summed E-state index contributed by atoms with van der Waals surface area (Å²) < 4.78 is 41.1. The third-order valence-corrected chi connectivity index (χ3v) is 7.24. The molecule has 156 valence electrons. The average molecular weight is 446 g/mol. The van der Waals surface area contributed by atoms with Crippen molar-refractivity contribution >= 4 is 32.4 Å². The third kappa shape index (κ3) is 4.36. The van der Waals surface area contributed by atoms with Gasteiger partial charge in [0.25, 0.3) is 15.9 Å². The smallest absolute Gasteiger partial charge is 0.273 e. The number of carbonyl (C=O) groups excluding carboxylic acids is 1. The zero-order valence-electron chi connectivity index (χ0n) is 16.0. The number of hydrogen-bond donors (Lipinski definition) is 1. The van der Waals surface area contributed by atoms with Crippen molar-refractivity contribution in [2.24, 2.45) is 0 Å². The van der Waals surface area contributed by atoms with Crippen LogP contribution in [0.5, 0.6) is 0 Å². The highest BCUT2D eigenvalue weighted by Gasteiger charge is 2.30. The fourth-order valence-corrected chi connectivity index (χ4v) is 5.53. The summed E-state index contributed by atoms with van der Waals surface area (Å²) in [6.45, 7) is 0.544. The molecular formula is C21H20FN3O3S2. The zero-order valence-corrected chi connectivity index (χ0v) is 17.6. The lowest BCUT2D eigenvalue weighted by molar-refractivity contribution is 0.0606. The van der Waals surface area contributed by atoms with Gasteiger partial charge in [0, 0.05) is 11.9 Å². The van der Waals surface area contributed by atoms with Crippen LogP contribution in [0.25, 0.3) is 0 Å². The van der Waals surface area contributed by atoms with E-state index in [1.807, 2.05) is 6.07 Å². The van der Waals surface area contributed by atoms with Crippen molar-refractivity contribution < 1.29 is 17.6 Å². The summed E-state index contributed by atoms with van der Waals surface area (Å²) in [5.74, 6) is -0.623. The molecule has 1 unspecified atom stereocenters. The number of benzene rings is 2. The number of sulfonamides is 1. The molecule has 2 aromatic carbocycles. The summed E-state index contributed by atoms with van der Waals surface area (Å²) in [4.78, 5) is 19.1. The van der Waals surface area contributed by atoms with Crippen molar-refractivity contribution in [2.75, 3.05) is 11.3 Å². The largest absolute Gasteiger partial charge is 0.330 e. The van der Waals surface area contributed by atoms with E-state index in [4.69, 9.17) is 0 Å². The summed E-state index contributed by atoms with van der Waals surface area (Å²) in [5, 5.41) is 1.67. The van der Waals surface area contributed by atoms with Crippen LogP contribution in [-0.4, -0.2) is 30.8 Å². The molecule has 4 rings (SSSR count). The van der Waals surface area contributed by atoms with E-state index < -0.39 is 10.0 Å². The minimum Gasteiger partial charge on any atom is -0.330 e. The van der Waals surface area contributed by atoms with E-state index in [0.717, 1.165) is 36.2 Å². The van der Waals surface area contributed by atoms with Gasteiger partial charge in [-0.3, -0.25) is 9.52 Å². The lowest BCUT2D eigenvalue weighted by Gasteiger charge is -2.35. The molecule has 0 radical (unpaired) electrons. The first-order chi connectivity index (χ1) is 14.4. The predicted octanol–water partition coefficient (Wildman–Crippen LogP) is 4.45. The molecule has 1 aromatic heterocycles. The first-order valence-electron chi connectivity index (χ1n) is 9.54. The Bertz CT molecular complexity index is 1150. The van der Waals surface area contributed by atoms with Crippen molar-refractivity contribution in [2.45, 2.75) is 30.2 Å². The maximum Gasteiger partial charge on any atom is 0.273 e. The van der Waals surface area contributed by atoms with Gasteiger partial charge in [-0.15, -0.1) is 11.3 Å². The standard InChI is InChI=1S/C21H20FN3O3S2/c22-16-8-6-7-15(13-16)19-11-4-5-12-25(19)20(26)18-14-29-21(23-18)24-30(27,28)17-9-2-1-3-10-17/h1-3,6-10,13-14,19H,4-5,11-12H2,(H,23,24). The molecule has 3 aromatic rings. The number of carbonyl (C=O) groups is 1. The van der Waals surface area contributed by atoms with Crippen molar-refractivity contribution in [3.63, 3.8) is 0 Å². The number of amides is 1. The van der Waals surface area contributed by atoms with Gasteiger partial charge >= 0.3 is 0 Å². The second kappa shape index (κ2) is 8.53.